The zero-order valence-electron chi connectivity index (χ0n) is 19.9. The van der Waals surface area contributed by atoms with Gasteiger partial charge in [-0.05, 0) is 47.4 Å². The molecule has 166 valence electrons. The highest BCUT2D eigenvalue weighted by molar-refractivity contribution is 5.70. The summed E-state index contributed by atoms with van der Waals surface area (Å²) in [5.74, 6) is 0. The first-order valence-electron chi connectivity index (χ1n) is 11.9. The second kappa shape index (κ2) is 9.84. The molecule has 0 amide bonds. The van der Waals surface area contributed by atoms with Crippen molar-refractivity contribution in [3.63, 3.8) is 0 Å². The third-order valence-electron chi connectivity index (χ3n) is 6.53. The van der Waals surface area contributed by atoms with Crippen molar-refractivity contribution in [2.45, 2.75) is 19.9 Å². The fourth-order valence-corrected chi connectivity index (χ4v) is 4.66. The average Bonchev–Trinajstić information content (AvgIpc) is 2.89. The number of rotatable bonds is 6. The van der Waals surface area contributed by atoms with Crippen LogP contribution < -0.4 is 9.13 Å². The Morgan fingerprint density at radius 2 is 1.29 bits per heavy atom. The number of hydrogen-bond acceptors (Lipinski definition) is 0. The normalized spacial score (nSPS) is 10.9. The maximum Gasteiger partial charge on any atom is 0.213 e. The van der Waals surface area contributed by atoms with Crippen LogP contribution in [0, 0.1) is 6.92 Å². The highest BCUT2D eigenvalue weighted by Crippen LogP contribution is 2.26. The lowest BCUT2D eigenvalue weighted by molar-refractivity contribution is -0.685. The molecule has 2 aromatic heterocycles. The number of aryl methyl sites for hydroxylation is 4. The van der Waals surface area contributed by atoms with E-state index < -0.39 is 0 Å². The van der Waals surface area contributed by atoms with E-state index in [1.165, 1.54) is 44.8 Å². The fourth-order valence-electron chi connectivity index (χ4n) is 4.66. The summed E-state index contributed by atoms with van der Waals surface area (Å²) in [5, 5.41) is 0. The van der Waals surface area contributed by atoms with E-state index in [0.29, 0.717) is 0 Å². The Kier molecular flexibility index (Phi) is 6.31. The molecule has 0 saturated carbocycles. The molecule has 0 aliphatic carbocycles. The lowest BCUT2D eigenvalue weighted by Crippen LogP contribution is -2.37. The van der Waals surface area contributed by atoms with E-state index in [9.17, 15) is 0 Å². The summed E-state index contributed by atoms with van der Waals surface area (Å²) in [6.45, 7) is 3.10. The first kappa shape index (κ1) is 21.8. The van der Waals surface area contributed by atoms with Crippen LogP contribution in [-0.4, -0.2) is 0 Å². The third kappa shape index (κ3) is 4.53. The van der Waals surface area contributed by atoms with Gasteiger partial charge in [-0.3, -0.25) is 0 Å². The van der Waals surface area contributed by atoms with Crippen molar-refractivity contribution in [1.29, 1.82) is 0 Å². The van der Waals surface area contributed by atoms with E-state index in [-0.39, 0.29) is 0 Å². The first-order valence-corrected chi connectivity index (χ1v) is 11.9. The van der Waals surface area contributed by atoms with Crippen LogP contribution in [-0.2, 0) is 20.0 Å². The van der Waals surface area contributed by atoms with E-state index in [4.69, 9.17) is 0 Å². The van der Waals surface area contributed by atoms with E-state index in [2.05, 4.69) is 145 Å². The van der Waals surface area contributed by atoms with Crippen LogP contribution >= 0.6 is 0 Å². The van der Waals surface area contributed by atoms with Crippen LogP contribution in [0.1, 0.15) is 11.1 Å². The van der Waals surface area contributed by atoms with E-state index in [1.54, 1.807) is 0 Å². The molecule has 3 aromatic carbocycles. The lowest BCUT2D eigenvalue weighted by Gasteiger charge is -2.11. The fraction of sp³-hybridized carbons (Fsp3) is 0.125. The molecule has 5 rings (SSSR count). The second-order valence-corrected chi connectivity index (χ2v) is 8.78. The van der Waals surface area contributed by atoms with Gasteiger partial charge < -0.3 is 0 Å². The predicted octanol–water partition coefficient (Wildman–Crippen LogP) is 6.35. The maximum absolute atomic E-state index is 2.40. The summed E-state index contributed by atoms with van der Waals surface area (Å²) in [6.07, 6.45) is 5.31. The zero-order chi connectivity index (χ0) is 23.3. The Morgan fingerprint density at radius 1 is 0.588 bits per heavy atom. The molecule has 0 spiro atoms. The molecule has 5 aromatic rings. The molecule has 0 saturated heterocycles. The van der Waals surface area contributed by atoms with Crippen molar-refractivity contribution in [2.24, 2.45) is 7.05 Å². The molecule has 2 heterocycles. The van der Waals surface area contributed by atoms with Crippen molar-refractivity contribution in [1.82, 2.24) is 0 Å². The average molecular weight is 443 g/mol. The van der Waals surface area contributed by atoms with Gasteiger partial charge in [0.1, 0.15) is 7.05 Å². The molecule has 0 unspecified atom stereocenters. The Morgan fingerprint density at radius 3 is 2.09 bits per heavy atom. The topological polar surface area (TPSA) is 7.76 Å². The number of hydrogen-bond donors (Lipinski definition) is 0. The summed E-state index contributed by atoms with van der Waals surface area (Å²) < 4.78 is 4.59. The molecule has 0 radical (unpaired) electrons. The molecule has 0 N–H and O–H groups in total. The SMILES string of the molecule is Cc1ccccc1-c1cc(-c2ccccc2)cc[n+]1CCc1ccccc1-c1cccc[n+]1C. The Labute approximate surface area is 202 Å². The van der Waals surface area contributed by atoms with Crippen LogP contribution in [0.15, 0.2) is 122 Å². The van der Waals surface area contributed by atoms with Crippen molar-refractivity contribution in [3.8, 4) is 33.6 Å². The van der Waals surface area contributed by atoms with Crippen LogP contribution in [0.2, 0.25) is 0 Å². The summed E-state index contributed by atoms with van der Waals surface area (Å²) in [5.41, 5.74) is 10.2. The molecule has 0 fully saturated rings. The number of nitrogens with zero attached hydrogens (tertiary/aromatic N) is 2. The Hall–Kier alpha value is -4.04. The second-order valence-electron chi connectivity index (χ2n) is 8.78. The molecule has 2 heteroatoms. The highest BCUT2D eigenvalue weighted by atomic mass is 15.0. The molecule has 0 aliphatic rings. The third-order valence-corrected chi connectivity index (χ3v) is 6.53. The van der Waals surface area contributed by atoms with Gasteiger partial charge in [-0.2, -0.15) is 4.57 Å². The standard InChI is InChI=1S/C32H30N2/c1-25-12-6-8-16-29(25)32-24-28(26-13-4-3-5-14-26)20-23-34(32)22-19-27-15-7-9-17-30(27)31-18-10-11-21-33(31)2/h3-18,20-21,23-24H,19,22H2,1-2H3/q+2. The van der Waals surface area contributed by atoms with Gasteiger partial charge in [0.25, 0.3) is 0 Å². The Bertz CT molecular complexity index is 1420. The first-order chi connectivity index (χ1) is 16.7. The molecule has 0 aliphatic heterocycles. The molecule has 0 atom stereocenters. The highest BCUT2D eigenvalue weighted by Gasteiger charge is 2.19. The summed E-state index contributed by atoms with van der Waals surface area (Å²) >= 11 is 0. The molecule has 34 heavy (non-hydrogen) atoms. The maximum atomic E-state index is 2.40. The van der Waals surface area contributed by atoms with Gasteiger partial charge >= 0.3 is 0 Å². The van der Waals surface area contributed by atoms with Crippen molar-refractivity contribution in [3.05, 3.63) is 133 Å². The largest absolute Gasteiger partial charge is 0.213 e. The summed E-state index contributed by atoms with van der Waals surface area (Å²) in [6, 6.07) is 39.0. The van der Waals surface area contributed by atoms with Gasteiger partial charge in [-0.1, -0.05) is 66.7 Å². The smallest absolute Gasteiger partial charge is 0.201 e. The van der Waals surface area contributed by atoms with Gasteiger partial charge in [-0.15, -0.1) is 0 Å². The molecular formula is C32H30N2+2. The Balaban J connectivity index is 1.53. The monoisotopic (exact) mass is 442 g/mol. The quantitative estimate of drug-likeness (QED) is 0.271. The van der Waals surface area contributed by atoms with Crippen molar-refractivity contribution in [2.75, 3.05) is 0 Å². The lowest BCUT2D eigenvalue weighted by atomic mass is 9.99. The van der Waals surface area contributed by atoms with Gasteiger partial charge in [0, 0.05) is 41.8 Å². The minimum Gasteiger partial charge on any atom is -0.201 e. The van der Waals surface area contributed by atoms with Crippen LogP contribution in [0.4, 0.5) is 0 Å². The van der Waals surface area contributed by atoms with Crippen LogP contribution in [0.3, 0.4) is 0 Å². The van der Waals surface area contributed by atoms with Crippen LogP contribution in [0.25, 0.3) is 33.6 Å². The number of aromatic nitrogens is 2. The van der Waals surface area contributed by atoms with Gasteiger partial charge in [0.05, 0.1) is 0 Å². The van der Waals surface area contributed by atoms with Gasteiger partial charge in [0.2, 0.25) is 11.4 Å². The van der Waals surface area contributed by atoms with Crippen molar-refractivity contribution >= 4 is 0 Å². The molecular weight excluding hydrogens is 412 g/mol. The van der Waals surface area contributed by atoms with Crippen molar-refractivity contribution < 1.29 is 9.13 Å². The molecule has 2 nitrogen and oxygen atoms in total. The minimum atomic E-state index is 0.909. The summed E-state index contributed by atoms with van der Waals surface area (Å²) in [4.78, 5) is 0. The number of pyridine rings is 2. The summed E-state index contributed by atoms with van der Waals surface area (Å²) in [7, 11) is 2.11. The number of benzene rings is 3. The van der Waals surface area contributed by atoms with Gasteiger partial charge in [-0.25, -0.2) is 4.57 Å². The zero-order valence-corrected chi connectivity index (χ0v) is 19.9. The van der Waals surface area contributed by atoms with Crippen LogP contribution in [0.5, 0.6) is 0 Å². The van der Waals surface area contributed by atoms with E-state index >= 15 is 0 Å². The predicted molar refractivity (Wildman–Crippen MR) is 139 cm³/mol. The van der Waals surface area contributed by atoms with E-state index in [0.717, 1.165) is 13.0 Å². The molecule has 0 bridgehead atoms. The van der Waals surface area contributed by atoms with Gasteiger partial charge in [0.15, 0.2) is 18.9 Å². The minimum absolute atomic E-state index is 0.909. The van der Waals surface area contributed by atoms with E-state index in [1.807, 2.05) is 0 Å².